The molecule has 0 bridgehead atoms. The molecule has 1 N–H and O–H groups in total. The Morgan fingerprint density at radius 3 is 2.43 bits per heavy atom. The third kappa shape index (κ3) is 4.29. The normalized spacial score (nSPS) is 19.1. The zero-order chi connectivity index (χ0) is 15.5. The smallest absolute Gasteiger partial charge is 0.126 e. The second kappa shape index (κ2) is 6.91. The van der Waals surface area contributed by atoms with Crippen LogP contribution in [0.25, 0.3) is 0 Å². The van der Waals surface area contributed by atoms with E-state index in [-0.39, 0.29) is 11.9 Å². The molecule has 1 unspecified atom stereocenters. The average molecular weight is 291 g/mol. The number of nitrogens with one attached hydrogen (secondary N) is 1. The summed E-state index contributed by atoms with van der Waals surface area (Å²) >= 11 is 0. The van der Waals surface area contributed by atoms with Crippen LogP contribution in [0.5, 0.6) is 0 Å². The van der Waals surface area contributed by atoms with Crippen LogP contribution in [-0.2, 0) is 0 Å². The average Bonchev–Trinajstić information content (AvgIpc) is 2.87. The maximum absolute atomic E-state index is 13.7. The van der Waals surface area contributed by atoms with Crippen LogP contribution in [-0.4, -0.2) is 6.54 Å². The molecule has 0 radical (unpaired) electrons. The molecule has 0 aliphatic heterocycles. The van der Waals surface area contributed by atoms with Gasteiger partial charge in [-0.2, -0.15) is 0 Å². The van der Waals surface area contributed by atoms with E-state index in [1.54, 1.807) is 6.07 Å². The summed E-state index contributed by atoms with van der Waals surface area (Å²) in [7, 11) is 0. The Morgan fingerprint density at radius 2 is 1.86 bits per heavy atom. The molecule has 0 amide bonds. The van der Waals surface area contributed by atoms with Gasteiger partial charge in [-0.05, 0) is 61.6 Å². The van der Waals surface area contributed by atoms with E-state index in [1.807, 2.05) is 19.1 Å². The largest absolute Gasteiger partial charge is 0.310 e. The topological polar surface area (TPSA) is 12.0 Å². The number of rotatable bonds is 6. The monoisotopic (exact) mass is 291 g/mol. The minimum absolute atomic E-state index is 0.0982. The SMILES string of the molecule is Cc1ccc(C(C)NCC2(CC(C)C)CCCC2)cc1F. The molecule has 21 heavy (non-hydrogen) atoms. The number of hydrogen-bond donors (Lipinski definition) is 1. The molecule has 1 nitrogen and oxygen atoms in total. The van der Waals surface area contributed by atoms with Gasteiger partial charge in [-0.1, -0.05) is 38.8 Å². The molecule has 2 rings (SSSR count). The van der Waals surface area contributed by atoms with Crippen molar-refractivity contribution < 1.29 is 4.39 Å². The summed E-state index contributed by atoms with van der Waals surface area (Å²) in [4.78, 5) is 0. The lowest BCUT2D eigenvalue weighted by molar-refractivity contribution is 0.217. The molecule has 1 aliphatic carbocycles. The maximum Gasteiger partial charge on any atom is 0.126 e. The Kier molecular flexibility index (Phi) is 5.43. The van der Waals surface area contributed by atoms with Gasteiger partial charge in [-0.3, -0.25) is 0 Å². The van der Waals surface area contributed by atoms with E-state index in [1.165, 1.54) is 32.1 Å². The third-order valence-corrected chi connectivity index (χ3v) is 4.98. The van der Waals surface area contributed by atoms with Gasteiger partial charge in [-0.15, -0.1) is 0 Å². The van der Waals surface area contributed by atoms with Gasteiger partial charge in [0.15, 0.2) is 0 Å². The Balaban J connectivity index is 1.98. The van der Waals surface area contributed by atoms with Crippen LogP contribution < -0.4 is 5.32 Å². The lowest BCUT2D eigenvalue weighted by Crippen LogP contribution is -2.34. The first kappa shape index (κ1) is 16.5. The fourth-order valence-electron chi connectivity index (χ4n) is 3.81. The van der Waals surface area contributed by atoms with Crippen molar-refractivity contribution in [3.63, 3.8) is 0 Å². The van der Waals surface area contributed by atoms with Crippen LogP contribution in [0, 0.1) is 24.1 Å². The summed E-state index contributed by atoms with van der Waals surface area (Å²) in [5, 5.41) is 3.67. The van der Waals surface area contributed by atoms with Crippen LogP contribution in [0.2, 0.25) is 0 Å². The predicted octanol–water partition coefficient (Wildman–Crippen LogP) is 5.39. The van der Waals surface area contributed by atoms with Crippen molar-refractivity contribution in [1.29, 1.82) is 0 Å². The first-order valence-electron chi connectivity index (χ1n) is 8.41. The van der Waals surface area contributed by atoms with Crippen molar-refractivity contribution in [1.82, 2.24) is 5.32 Å². The number of hydrogen-bond acceptors (Lipinski definition) is 1. The summed E-state index contributed by atoms with van der Waals surface area (Å²) in [6.45, 7) is 9.65. The molecule has 0 spiro atoms. The number of aryl methyl sites for hydroxylation is 1. The molecular weight excluding hydrogens is 261 g/mol. The van der Waals surface area contributed by atoms with E-state index < -0.39 is 0 Å². The maximum atomic E-state index is 13.7. The molecule has 2 heteroatoms. The summed E-state index contributed by atoms with van der Waals surface area (Å²) in [5.41, 5.74) is 2.24. The van der Waals surface area contributed by atoms with Gasteiger partial charge in [0, 0.05) is 12.6 Å². The van der Waals surface area contributed by atoms with Crippen molar-refractivity contribution in [2.45, 2.75) is 65.8 Å². The number of halogens is 1. The van der Waals surface area contributed by atoms with Gasteiger partial charge in [-0.25, -0.2) is 4.39 Å². The lowest BCUT2D eigenvalue weighted by atomic mass is 9.78. The Morgan fingerprint density at radius 1 is 1.19 bits per heavy atom. The number of benzene rings is 1. The van der Waals surface area contributed by atoms with Gasteiger partial charge in [0.2, 0.25) is 0 Å². The molecule has 118 valence electrons. The van der Waals surface area contributed by atoms with E-state index in [0.717, 1.165) is 23.6 Å². The molecule has 1 aromatic carbocycles. The van der Waals surface area contributed by atoms with Crippen LogP contribution in [0.3, 0.4) is 0 Å². The van der Waals surface area contributed by atoms with Crippen molar-refractivity contribution in [2.75, 3.05) is 6.54 Å². The van der Waals surface area contributed by atoms with E-state index in [9.17, 15) is 4.39 Å². The molecule has 1 fully saturated rings. The zero-order valence-electron chi connectivity index (χ0n) is 14.0. The second-order valence-electron chi connectivity index (χ2n) is 7.42. The first-order chi connectivity index (χ1) is 9.92. The van der Waals surface area contributed by atoms with E-state index in [4.69, 9.17) is 0 Å². The molecule has 1 atom stereocenters. The van der Waals surface area contributed by atoms with Crippen molar-refractivity contribution in [2.24, 2.45) is 11.3 Å². The highest BCUT2D eigenvalue weighted by Gasteiger charge is 2.34. The third-order valence-electron chi connectivity index (χ3n) is 4.98. The Bertz CT molecular complexity index is 461. The summed E-state index contributed by atoms with van der Waals surface area (Å²) in [5.74, 6) is 0.649. The summed E-state index contributed by atoms with van der Waals surface area (Å²) < 4.78 is 13.7. The highest BCUT2D eigenvalue weighted by atomic mass is 19.1. The molecule has 0 saturated heterocycles. The second-order valence-corrected chi connectivity index (χ2v) is 7.42. The van der Waals surface area contributed by atoms with Crippen molar-refractivity contribution in [3.05, 3.63) is 35.1 Å². The van der Waals surface area contributed by atoms with Crippen LogP contribution in [0.1, 0.15) is 70.0 Å². The molecular formula is C19H30FN. The van der Waals surface area contributed by atoms with Crippen LogP contribution in [0.15, 0.2) is 18.2 Å². The standard InChI is InChI=1S/C19H30FN/c1-14(2)12-19(9-5-6-10-19)13-21-16(4)17-8-7-15(3)18(20)11-17/h7-8,11,14,16,21H,5-6,9-10,12-13H2,1-4H3. The summed E-state index contributed by atoms with van der Waals surface area (Å²) in [6.07, 6.45) is 6.71. The molecule has 0 aromatic heterocycles. The van der Waals surface area contributed by atoms with Gasteiger partial charge in [0.25, 0.3) is 0 Å². The molecule has 0 heterocycles. The summed E-state index contributed by atoms with van der Waals surface area (Å²) in [6, 6.07) is 5.81. The minimum Gasteiger partial charge on any atom is -0.310 e. The predicted molar refractivity (Wildman–Crippen MR) is 87.9 cm³/mol. The zero-order valence-corrected chi connectivity index (χ0v) is 14.0. The fourth-order valence-corrected chi connectivity index (χ4v) is 3.81. The van der Waals surface area contributed by atoms with Gasteiger partial charge in [0.1, 0.15) is 5.82 Å². The van der Waals surface area contributed by atoms with Crippen LogP contribution in [0.4, 0.5) is 4.39 Å². The molecule has 1 saturated carbocycles. The Labute approximate surface area is 129 Å². The van der Waals surface area contributed by atoms with Gasteiger partial charge in [0.05, 0.1) is 0 Å². The molecule has 1 aromatic rings. The minimum atomic E-state index is -0.0982. The Hall–Kier alpha value is -0.890. The highest BCUT2D eigenvalue weighted by Crippen LogP contribution is 2.43. The van der Waals surface area contributed by atoms with Crippen molar-refractivity contribution in [3.8, 4) is 0 Å². The van der Waals surface area contributed by atoms with Gasteiger partial charge >= 0.3 is 0 Å². The first-order valence-corrected chi connectivity index (χ1v) is 8.41. The van der Waals surface area contributed by atoms with E-state index >= 15 is 0 Å². The lowest BCUT2D eigenvalue weighted by Gasteiger charge is -2.33. The van der Waals surface area contributed by atoms with Crippen LogP contribution >= 0.6 is 0 Å². The fraction of sp³-hybridized carbons (Fsp3) is 0.684. The van der Waals surface area contributed by atoms with Gasteiger partial charge < -0.3 is 5.32 Å². The molecule has 1 aliphatic rings. The highest BCUT2D eigenvalue weighted by molar-refractivity contribution is 5.25. The van der Waals surface area contributed by atoms with E-state index in [2.05, 4.69) is 26.1 Å². The van der Waals surface area contributed by atoms with E-state index in [0.29, 0.717) is 5.41 Å². The van der Waals surface area contributed by atoms with Crippen molar-refractivity contribution >= 4 is 0 Å². The quantitative estimate of drug-likeness (QED) is 0.741.